The topological polar surface area (TPSA) is 143 Å². The predicted octanol–water partition coefficient (Wildman–Crippen LogP) is 4.87. The number of nitrogens with zero attached hydrogens (tertiary/aromatic N) is 3. The van der Waals surface area contributed by atoms with Crippen molar-refractivity contribution in [2.45, 2.75) is 96.4 Å². The first-order valence-electron chi connectivity index (χ1n) is 14.3. The zero-order valence-electron chi connectivity index (χ0n) is 22.9. The summed E-state index contributed by atoms with van der Waals surface area (Å²) < 4.78 is 6.95. The second-order valence-electron chi connectivity index (χ2n) is 10.6. The number of amides is 1. The maximum atomic E-state index is 13.7. The molecule has 2 aliphatic carbocycles. The van der Waals surface area contributed by atoms with E-state index in [1.54, 1.807) is 11.4 Å². The van der Waals surface area contributed by atoms with Crippen LogP contribution in [0.4, 0.5) is 5.13 Å². The summed E-state index contributed by atoms with van der Waals surface area (Å²) in [6.07, 6.45) is 12.8. The van der Waals surface area contributed by atoms with Crippen molar-refractivity contribution in [2.24, 2.45) is 5.92 Å². The molecule has 4 rings (SSSR count). The molecule has 0 atom stereocenters. The van der Waals surface area contributed by atoms with Gasteiger partial charge in [0.1, 0.15) is 5.56 Å². The Bertz CT molecular complexity index is 1240. The van der Waals surface area contributed by atoms with Crippen molar-refractivity contribution in [1.29, 1.82) is 0 Å². The van der Waals surface area contributed by atoms with E-state index in [9.17, 15) is 24.5 Å². The van der Waals surface area contributed by atoms with E-state index in [1.807, 2.05) is 4.57 Å². The number of carbonyl (C=O) groups is 2. The van der Waals surface area contributed by atoms with Gasteiger partial charge in [-0.1, -0.05) is 32.1 Å². The molecular formula is C28H38N4O7S. The summed E-state index contributed by atoms with van der Waals surface area (Å²) in [5.74, 6) is -0.426. The highest BCUT2D eigenvalue weighted by molar-refractivity contribution is 7.14. The lowest BCUT2D eigenvalue weighted by atomic mass is 9.88. The predicted molar refractivity (Wildman–Crippen MR) is 150 cm³/mol. The average Bonchev–Trinajstić information content (AvgIpc) is 3.37. The van der Waals surface area contributed by atoms with Crippen molar-refractivity contribution < 1.29 is 24.3 Å². The molecule has 218 valence electrons. The highest BCUT2D eigenvalue weighted by atomic mass is 32.1. The first kappa shape index (κ1) is 29.7. The zero-order valence-corrected chi connectivity index (χ0v) is 23.7. The van der Waals surface area contributed by atoms with Crippen LogP contribution in [-0.2, 0) is 40.2 Å². The summed E-state index contributed by atoms with van der Waals surface area (Å²) in [5, 5.41) is 14.2. The van der Waals surface area contributed by atoms with Crippen LogP contribution in [-0.4, -0.2) is 39.7 Å². The molecule has 1 N–H and O–H groups in total. The van der Waals surface area contributed by atoms with Crippen LogP contribution in [0.3, 0.4) is 0 Å². The molecule has 0 aromatic carbocycles. The fourth-order valence-corrected chi connectivity index (χ4v) is 6.29. The van der Waals surface area contributed by atoms with Gasteiger partial charge in [0.05, 0.1) is 25.3 Å². The van der Waals surface area contributed by atoms with Gasteiger partial charge < -0.3 is 14.1 Å². The molecule has 0 saturated heterocycles. The summed E-state index contributed by atoms with van der Waals surface area (Å²) in [4.78, 5) is 57.6. The maximum Gasteiger partial charge on any atom is 0.306 e. The van der Waals surface area contributed by atoms with E-state index >= 15 is 0 Å². The van der Waals surface area contributed by atoms with Crippen molar-refractivity contribution in [3.05, 3.63) is 54.4 Å². The summed E-state index contributed by atoms with van der Waals surface area (Å²) in [5.41, 5.74) is 2.80. The number of fused-ring (bicyclic) bond motifs is 1. The molecule has 1 fully saturated rings. The Kier molecular flexibility index (Phi) is 11.1. The van der Waals surface area contributed by atoms with Gasteiger partial charge in [-0.15, -0.1) is 21.5 Å². The van der Waals surface area contributed by atoms with E-state index in [0.29, 0.717) is 29.7 Å². The quantitative estimate of drug-likeness (QED) is 0.164. The molecule has 1 saturated carbocycles. The lowest BCUT2D eigenvalue weighted by molar-refractivity contribution is -0.757. The highest BCUT2D eigenvalue weighted by Crippen LogP contribution is 2.27. The molecule has 2 aromatic heterocycles. The third kappa shape index (κ3) is 8.61. The minimum atomic E-state index is -0.887. The van der Waals surface area contributed by atoms with Gasteiger partial charge >= 0.3 is 5.97 Å². The Balaban J connectivity index is 1.39. The Morgan fingerprint density at radius 3 is 2.62 bits per heavy atom. The first-order chi connectivity index (χ1) is 19.4. The van der Waals surface area contributed by atoms with Crippen LogP contribution < -0.4 is 10.9 Å². The highest BCUT2D eigenvalue weighted by Gasteiger charge is 2.23. The zero-order chi connectivity index (χ0) is 28.3. The van der Waals surface area contributed by atoms with Crippen LogP contribution in [0.5, 0.6) is 0 Å². The number of anilines is 1. The summed E-state index contributed by atoms with van der Waals surface area (Å²) in [6.45, 7) is 0.581. The lowest BCUT2D eigenvalue weighted by Crippen LogP contribution is -2.35. The van der Waals surface area contributed by atoms with Crippen LogP contribution in [0.1, 0.15) is 97.9 Å². The van der Waals surface area contributed by atoms with Gasteiger partial charge in [-0.2, -0.15) is 0 Å². The molecule has 0 spiro atoms. The van der Waals surface area contributed by atoms with Gasteiger partial charge in [0.2, 0.25) is 0 Å². The molecule has 0 radical (unpaired) electrons. The maximum absolute atomic E-state index is 13.7. The number of rotatable bonds is 12. The first-order valence-corrected chi connectivity index (χ1v) is 15.2. The van der Waals surface area contributed by atoms with E-state index in [-0.39, 0.29) is 37.2 Å². The standard InChI is InChI=1S/C28H38N4O7S/c33-25(38-15-8-16-39-32(36)37)14-13-22-19-40-28(29-22)30-26(34)23-17-21-11-6-1-2-7-12-24(21)31(27(23)35)18-20-9-4-3-5-10-20/h17,19-20H,1-16,18H2,(H,29,30,34). The third-order valence-electron chi connectivity index (χ3n) is 7.62. The van der Waals surface area contributed by atoms with E-state index in [1.165, 1.54) is 37.0 Å². The molecule has 2 aliphatic rings. The summed E-state index contributed by atoms with van der Waals surface area (Å²) >= 11 is 1.24. The fourth-order valence-electron chi connectivity index (χ4n) is 5.55. The van der Waals surface area contributed by atoms with Crippen LogP contribution in [0.15, 0.2) is 16.2 Å². The molecular weight excluding hydrogens is 536 g/mol. The van der Waals surface area contributed by atoms with Gasteiger partial charge in [-0.3, -0.25) is 19.7 Å². The van der Waals surface area contributed by atoms with Crippen molar-refractivity contribution in [1.82, 2.24) is 9.55 Å². The normalized spacial score (nSPS) is 15.9. The molecule has 12 heteroatoms. The van der Waals surface area contributed by atoms with Crippen LogP contribution >= 0.6 is 11.3 Å². The number of esters is 1. The number of ether oxygens (including phenoxy) is 1. The molecule has 11 nitrogen and oxygen atoms in total. The van der Waals surface area contributed by atoms with Crippen molar-refractivity contribution in [2.75, 3.05) is 18.5 Å². The minimum Gasteiger partial charge on any atom is -0.466 e. The molecule has 2 heterocycles. The SMILES string of the molecule is O=C(CCc1csc(NC(=O)c2cc3c(n(CC4CCCCC4)c2=O)CCCCCC3)n1)OCCCO[N+](=O)[O-]. The third-order valence-corrected chi connectivity index (χ3v) is 8.42. The summed E-state index contributed by atoms with van der Waals surface area (Å²) in [7, 11) is 0. The fraction of sp³-hybridized carbons (Fsp3) is 0.643. The number of pyridine rings is 1. The second kappa shape index (κ2) is 14.9. The van der Waals surface area contributed by atoms with Crippen molar-refractivity contribution in [3.8, 4) is 0 Å². The second-order valence-corrected chi connectivity index (χ2v) is 11.5. The van der Waals surface area contributed by atoms with Gasteiger partial charge in [-0.05, 0) is 56.1 Å². The van der Waals surface area contributed by atoms with E-state index in [2.05, 4.69) is 15.1 Å². The molecule has 2 aromatic rings. The average molecular weight is 575 g/mol. The number of hydrogen-bond donors (Lipinski definition) is 1. The van der Waals surface area contributed by atoms with Gasteiger partial charge in [-0.25, -0.2) is 4.98 Å². The van der Waals surface area contributed by atoms with Crippen LogP contribution in [0.2, 0.25) is 0 Å². The van der Waals surface area contributed by atoms with Gasteiger partial charge in [0.25, 0.3) is 16.6 Å². The minimum absolute atomic E-state index is 0.0318. The molecule has 0 unspecified atom stereocenters. The molecule has 40 heavy (non-hydrogen) atoms. The van der Waals surface area contributed by atoms with Gasteiger partial charge in [0.15, 0.2) is 5.13 Å². The number of carbonyl (C=O) groups excluding carboxylic acids is 2. The van der Waals surface area contributed by atoms with Gasteiger partial charge in [0, 0.05) is 30.5 Å². The smallest absolute Gasteiger partial charge is 0.306 e. The molecule has 1 amide bonds. The monoisotopic (exact) mass is 574 g/mol. The van der Waals surface area contributed by atoms with E-state index in [0.717, 1.165) is 56.2 Å². The number of aryl methyl sites for hydroxylation is 2. The number of thiazole rings is 1. The number of aromatic nitrogens is 2. The Hall–Kier alpha value is -3.28. The largest absolute Gasteiger partial charge is 0.466 e. The van der Waals surface area contributed by atoms with E-state index < -0.39 is 17.0 Å². The van der Waals surface area contributed by atoms with Crippen LogP contribution in [0, 0.1) is 16.0 Å². The van der Waals surface area contributed by atoms with Crippen molar-refractivity contribution >= 4 is 28.3 Å². The van der Waals surface area contributed by atoms with Crippen LogP contribution in [0.25, 0.3) is 0 Å². The Morgan fingerprint density at radius 1 is 1.10 bits per heavy atom. The Labute approximate surface area is 237 Å². The Morgan fingerprint density at radius 2 is 1.85 bits per heavy atom. The number of nitrogens with one attached hydrogen (secondary N) is 1. The lowest BCUT2D eigenvalue weighted by Gasteiger charge is -2.26. The molecule has 0 bridgehead atoms. The molecule has 0 aliphatic heterocycles. The number of hydrogen-bond acceptors (Lipinski definition) is 9. The van der Waals surface area contributed by atoms with E-state index in [4.69, 9.17) is 4.74 Å². The summed E-state index contributed by atoms with van der Waals surface area (Å²) in [6, 6.07) is 1.80. The van der Waals surface area contributed by atoms with Crippen molar-refractivity contribution in [3.63, 3.8) is 0 Å².